The van der Waals surface area contributed by atoms with Crippen molar-refractivity contribution >= 4 is 19.2 Å². The molecule has 1 aromatic rings. The topological polar surface area (TPSA) is 88.1 Å². The fourth-order valence-corrected chi connectivity index (χ4v) is 4.61. The molecule has 0 aliphatic heterocycles. The first kappa shape index (κ1) is 18.2. The van der Waals surface area contributed by atoms with Crippen LogP contribution in [0.5, 0.6) is 11.5 Å². The van der Waals surface area contributed by atoms with Crippen LogP contribution in [0.4, 0.5) is 0 Å². The minimum atomic E-state index is -3.46. The highest BCUT2D eigenvalue weighted by molar-refractivity contribution is 7.53. The Balaban J connectivity index is 1.79. The molecule has 3 aliphatic carbocycles. The van der Waals surface area contributed by atoms with Crippen LogP contribution < -0.4 is 9.47 Å². The fraction of sp³-hybridized carbons (Fsp3) is 0.368. The van der Waals surface area contributed by atoms with Crippen molar-refractivity contribution in [2.75, 3.05) is 27.7 Å². The molecule has 7 nitrogen and oxygen atoms in total. The van der Waals surface area contributed by atoms with Gasteiger partial charge in [-0.15, -0.1) is 0 Å². The van der Waals surface area contributed by atoms with Crippen LogP contribution in [0.2, 0.25) is 0 Å². The third kappa shape index (κ3) is 2.69. The van der Waals surface area contributed by atoms with Gasteiger partial charge in [0.15, 0.2) is 17.9 Å². The summed E-state index contributed by atoms with van der Waals surface area (Å²) in [7, 11) is 0.507. The van der Waals surface area contributed by atoms with Crippen LogP contribution in [-0.4, -0.2) is 39.2 Å². The van der Waals surface area contributed by atoms with Crippen molar-refractivity contribution in [1.82, 2.24) is 0 Å². The third-order valence-corrected chi connectivity index (χ3v) is 6.88. The predicted octanol–water partition coefficient (Wildman–Crippen LogP) is 3.40. The minimum Gasteiger partial charge on any atom is -0.497 e. The Bertz CT molecular complexity index is 951. The van der Waals surface area contributed by atoms with Gasteiger partial charge in [-0.3, -0.25) is 14.2 Å². The minimum absolute atomic E-state index is 0.00707. The van der Waals surface area contributed by atoms with E-state index in [1.165, 1.54) is 27.4 Å². The van der Waals surface area contributed by atoms with Crippen molar-refractivity contribution in [2.24, 2.45) is 11.8 Å². The Hall–Kier alpha value is -2.21. The van der Waals surface area contributed by atoms with Gasteiger partial charge in [0.05, 0.1) is 12.7 Å². The molecule has 27 heavy (non-hydrogen) atoms. The summed E-state index contributed by atoms with van der Waals surface area (Å²) in [6.07, 6.45) is 4.34. The number of hydrogen-bond acceptors (Lipinski definition) is 7. The maximum Gasteiger partial charge on any atom is 0.367 e. The Kier molecular flexibility index (Phi) is 4.34. The number of allylic oxidation sites excluding steroid dienone is 4. The molecule has 0 saturated heterocycles. The first-order chi connectivity index (χ1) is 12.9. The lowest BCUT2D eigenvalue weighted by atomic mass is 9.79. The zero-order chi connectivity index (χ0) is 19.3. The Labute approximate surface area is 156 Å². The number of ketones is 2. The second-order valence-corrected chi connectivity index (χ2v) is 8.83. The molecular formula is C19H19O7P. The van der Waals surface area contributed by atoms with Gasteiger partial charge in [0.2, 0.25) is 0 Å². The van der Waals surface area contributed by atoms with Crippen molar-refractivity contribution < 1.29 is 32.7 Å². The summed E-state index contributed by atoms with van der Waals surface area (Å²) in [6.45, 7) is 0. The van der Waals surface area contributed by atoms with E-state index in [1.807, 2.05) is 12.2 Å². The summed E-state index contributed by atoms with van der Waals surface area (Å²) >= 11 is 0. The standard InChI is InChI=1S/C19H19O7P/c1-23-12-7-13-17(14(8-12)26-9-27(22,24-2)25-3)19(21)16-11-5-4-10(6-11)15(16)18(13)20/h4-5,7-8,10-11H,6,9H2,1-3H3. The summed E-state index contributed by atoms with van der Waals surface area (Å²) in [5, 5.41) is 0. The van der Waals surface area contributed by atoms with Gasteiger partial charge in [-0.05, 0) is 12.5 Å². The Morgan fingerprint density at radius 3 is 2.22 bits per heavy atom. The molecule has 0 spiro atoms. The second kappa shape index (κ2) is 6.44. The van der Waals surface area contributed by atoms with E-state index in [0.29, 0.717) is 16.9 Å². The smallest absolute Gasteiger partial charge is 0.367 e. The lowest BCUT2D eigenvalue weighted by Gasteiger charge is -2.25. The van der Waals surface area contributed by atoms with E-state index < -0.39 is 7.60 Å². The molecule has 0 N–H and O–H groups in total. The molecule has 0 amide bonds. The van der Waals surface area contributed by atoms with Crippen LogP contribution in [0.15, 0.2) is 35.4 Å². The SMILES string of the molecule is COc1cc(OCP(=O)(OC)OC)c2c(c1)C(=O)C1=C(C2=O)C2C=CC1C2. The predicted molar refractivity (Wildman–Crippen MR) is 96.5 cm³/mol. The van der Waals surface area contributed by atoms with E-state index in [2.05, 4.69) is 0 Å². The number of ether oxygens (including phenoxy) is 2. The molecule has 4 rings (SSSR count). The summed E-state index contributed by atoms with van der Waals surface area (Å²) in [5.74, 6) is 0.0641. The molecule has 2 bridgehead atoms. The van der Waals surface area contributed by atoms with Crippen molar-refractivity contribution in [3.63, 3.8) is 0 Å². The molecule has 2 atom stereocenters. The molecule has 0 radical (unpaired) electrons. The highest BCUT2D eigenvalue weighted by Gasteiger charge is 2.47. The number of rotatable bonds is 6. The van der Waals surface area contributed by atoms with Gasteiger partial charge < -0.3 is 18.5 Å². The van der Waals surface area contributed by atoms with Crippen LogP contribution in [0.25, 0.3) is 0 Å². The maximum atomic E-state index is 13.2. The van der Waals surface area contributed by atoms with Gasteiger partial charge in [-0.2, -0.15) is 0 Å². The third-order valence-electron chi connectivity index (χ3n) is 5.32. The number of Topliss-reactive ketones (excluding diaryl/α,β-unsaturated/α-hetero) is 2. The van der Waals surface area contributed by atoms with Crippen molar-refractivity contribution in [1.29, 1.82) is 0 Å². The lowest BCUT2D eigenvalue weighted by molar-refractivity contribution is 0.0966. The number of carbonyl (C=O) groups is 2. The molecule has 142 valence electrons. The van der Waals surface area contributed by atoms with Crippen LogP contribution in [0, 0.1) is 11.8 Å². The number of hydrogen-bond donors (Lipinski definition) is 0. The molecule has 0 aromatic heterocycles. The van der Waals surface area contributed by atoms with Gasteiger partial charge in [0.25, 0.3) is 0 Å². The molecule has 0 heterocycles. The molecular weight excluding hydrogens is 371 g/mol. The average molecular weight is 390 g/mol. The second-order valence-electron chi connectivity index (χ2n) is 6.62. The summed E-state index contributed by atoms with van der Waals surface area (Å²) in [6, 6.07) is 3.06. The molecule has 0 saturated carbocycles. The van der Waals surface area contributed by atoms with Crippen LogP contribution in [0.3, 0.4) is 0 Å². The monoisotopic (exact) mass is 390 g/mol. The van der Waals surface area contributed by atoms with E-state index in [0.717, 1.165) is 6.42 Å². The normalized spacial score (nSPS) is 22.9. The van der Waals surface area contributed by atoms with E-state index in [-0.39, 0.29) is 46.6 Å². The van der Waals surface area contributed by atoms with Crippen LogP contribution in [0.1, 0.15) is 27.1 Å². The van der Waals surface area contributed by atoms with Gasteiger partial charge in [0, 0.05) is 48.8 Å². The maximum absolute atomic E-state index is 13.2. The molecule has 8 heteroatoms. The quantitative estimate of drug-likeness (QED) is 0.543. The van der Waals surface area contributed by atoms with Crippen molar-refractivity contribution in [2.45, 2.75) is 6.42 Å². The lowest BCUT2D eigenvalue weighted by Crippen LogP contribution is -2.25. The fourth-order valence-electron chi connectivity index (χ4n) is 3.95. The molecule has 1 aromatic carbocycles. The number of carbonyl (C=O) groups excluding carboxylic acids is 2. The molecule has 0 fully saturated rings. The first-order valence-corrected chi connectivity index (χ1v) is 10.2. The average Bonchev–Trinajstić information content (AvgIpc) is 3.31. The number of fused-ring (bicyclic) bond motifs is 5. The van der Waals surface area contributed by atoms with Gasteiger partial charge >= 0.3 is 7.60 Å². The zero-order valence-corrected chi connectivity index (χ0v) is 16.1. The Morgan fingerprint density at radius 2 is 1.63 bits per heavy atom. The molecule has 2 unspecified atom stereocenters. The van der Waals surface area contributed by atoms with E-state index in [1.54, 1.807) is 6.07 Å². The van der Waals surface area contributed by atoms with Gasteiger partial charge in [-0.25, -0.2) is 0 Å². The number of benzene rings is 1. The van der Waals surface area contributed by atoms with Gasteiger partial charge in [0.1, 0.15) is 11.5 Å². The summed E-state index contributed by atoms with van der Waals surface area (Å²) in [5.41, 5.74) is 1.56. The van der Waals surface area contributed by atoms with E-state index >= 15 is 0 Å². The molecule has 3 aliphatic rings. The highest BCUT2D eigenvalue weighted by Crippen LogP contribution is 2.51. The summed E-state index contributed by atoms with van der Waals surface area (Å²) in [4.78, 5) is 26.3. The van der Waals surface area contributed by atoms with Crippen molar-refractivity contribution in [3.8, 4) is 11.5 Å². The summed E-state index contributed by atoms with van der Waals surface area (Å²) < 4.78 is 32.9. The van der Waals surface area contributed by atoms with Gasteiger partial charge in [-0.1, -0.05) is 12.2 Å². The number of methoxy groups -OCH3 is 1. The zero-order valence-electron chi connectivity index (χ0n) is 15.2. The largest absolute Gasteiger partial charge is 0.497 e. The first-order valence-electron chi connectivity index (χ1n) is 8.49. The van der Waals surface area contributed by atoms with Crippen LogP contribution >= 0.6 is 7.60 Å². The van der Waals surface area contributed by atoms with Crippen molar-refractivity contribution in [3.05, 3.63) is 46.6 Å². The van der Waals surface area contributed by atoms with E-state index in [4.69, 9.17) is 18.5 Å². The highest BCUT2D eigenvalue weighted by atomic mass is 31.2. The van der Waals surface area contributed by atoms with Crippen LogP contribution in [-0.2, 0) is 13.6 Å². The van der Waals surface area contributed by atoms with E-state index in [9.17, 15) is 14.2 Å². The Morgan fingerprint density at radius 1 is 1.00 bits per heavy atom.